The fraction of sp³-hybridized carbons (Fsp3) is 1.00. The zero-order valence-electron chi connectivity index (χ0n) is 8.54. The van der Waals surface area contributed by atoms with Gasteiger partial charge in [-0.1, -0.05) is 6.92 Å². The smallest absolute Gasteiger partial charge is 0.247 e. The van der Waals surface area contributed by atoms with E-state index < -0.39 is 37.0 Å². The first-order valence-corrected chi connectivity index (χ1v) is 4.66. The monoisotopic (exact) mass is 236 g/mol. The van der Waals surface area contributed by atoms with E-state index in [1.165, 1.54) is 6.92 Å². The van der Waals surface area contributed by atoms with Crippen molar-refractivity contribution >= 4 is 0 Å². The van der Waals surface area contributed by atoms with Gasteiger partial charge in [0.25, 0.3) is 0 Å². The highest BCUT2D eigenvalue weighted by Crippen LogP contribution is 2.37. The Balaban J connectivity index is 4.40. The quantitative estimate of drug-likeness (QED) is 0.622. The first-order valence-electron chi connectivity index (χ1n) is 4.66. The highest BCUT2D eigenvalue weighted by atomic mass is 19.4. The van der Waals surface area contributed by atoms with Gasteiger partial charge in [-0.05, 0) is 19.8 Å². The summed E-state index contributed by atoms with van der Waals surface area (Å²) >= 11 is 0. The lowest BCUT2D eigenvalue weighted by atomic mass is 9.94. The van der Waals surface area contributed by atoms with Gasteiger partial charge in [0, 0.05) is 6.42 Å². The maximum Gasteiger partial charge on any atom is 0.394 e. The van der Waals surface area contributed by atoms with Crippen molar-refractivity contribution in [3.05, 3.63) is 0 Å². The molecule has 0 N–H and O–H groups in total. The van der Waals surface area contributed by atoms with Crippen LogP contribution in [0, 0.1) is 5.92 Å². The molecule has 0 nitrogen and oxygen atoms in total. The Hall–Kier alpha value is -0.420. The van der Waals surface area contributed by atoms with Gasteiger partial charge >= 0.3 is 6.18 Å². The number of hydrogen-bond donors (Lipinski definition) is 0. The molecule has 15 heavy (non-hydrogen) atoms. The second kappa shape index (κ2) is 5.07. The third kappa shape index (κ3) is 5.89. The molecule has 0 aliphatic carbocycles. The predicted molar refractivity (Wildman–Crippen MR) is 44.6 cm³/mol. The van der Waals surface area contributed by atoms with E-state index >= 15 is 0 Å². The zero-order valence-corrected chi connectivity index (χ0v) is 8.54. The summed E-state index contributed by atoms with van der Waals surface area (Å²) in [7, 11) is 0. The summed E-state index contributed by atoms with van der Waals surface area (Å²) in [5.74, 6) is -5.47. The second-order valence-electron chi connectivity index (χ2n) is 3.68. The molecule has 2 atom stereocenters. The van der Waals surface area contributed by atoms with E-state index in [0.717, 1.165) is 0 Å². The number of hydrogen-bond acceptors (Lipinski definition) is 0. The fourth-order valence-electron chi connectivity index (χ4n) is 1.24. The minimum absolute atomic E-state index is 0.320. The Kier molecular flexibility index (Phi) is 4.93. The van der Waals surface area contributed by atoms with Crippen LogP contribution in [0.15, 0.2) is 0 Å². The largest absolute Gasteiger partial charge is 0.394 e. The molecule has 0 aromatic rings. The van der Waals surface area contributed by atoms with Gasteiger partial charge in [0.15, 0.2) is 0 Å². The van der Waals surface area contributed by atoms with Crippen LogP contribution in [0.4, 0.5) is 26.3 Å². The molecule has 0 saturated carbocycles. The number of rotatable bonds is 5. The number of halogens is 6. The number of alkyl halides is 6. The summed E-state index contributed by atoms with van der Waals surface area (Å²) in [5.41, 5.74) is 0. The summed E-state index contributed by atoms with van der Waals surface area (Å²) in [5, 5.41) is 0. The molecule has 0 aliphatic heterocycles. The maximum atomic E-state index is 12.9. The summed E-state index contributed by atoms with van der Waals surface area (Å²) in [4.78, 5) is 0. The third-order valence-electron chi connectivity index (χ3n) is 2.14. The van der Waals surface area contributed by atoms with Crippen molar-refractivity contribution in [2.24, 2.45) is 5.92 Å². The van der Waals surface area contributed by atoms with Gasteiger partial charge in [0.1, 0.15) is 6.17 Å². The van der Waals surface area contributed by atoms with Crippen LogP contribution in [-0.2, 0) is 0 Å². The average Bonchev–Trinajstić information content (AvgIpc) is 1.99. The van der Waals surface area contributed by atoms with Gasteiger partial charge in [-0.15, -0.1) is 0 Å². The van der Waals surface area contributed by atoms with E-state index in [0.29, 0.717) is 6.92 Å². The van der Waals surface area contributed by atoms with E-state index in [4.69, 9.17) is 0 Å². The van der Waals surface area contributed by atoms with Crippen LogP contribution in [0.1, 0.15) is 33.1 Å². The topological polar surface area (TPSA) is 0 Å². The van der Waals surface area contributed by atoms with E-state index in [9.17, 15) is 26.3 Å². The van der Waals surface area contributed by atoms with Crippen molar-refractivity contribution in [2.45, 2.75) is 51.4 Å². The molecule has 0 saturated heterocycles. The lowest BCUT2D eigenvalue weighted by Gasteiger charge is -2.24. The van der Waals surface area contributed by atoms with Crippen molar-refractivity contribution < 1.29 is 26.3 Å². The van der Waals surface area contributed by atoms with Gasteiger partial charge in [-0.25, -0.2) is 13.2 Å². The lowest BCUT2D eigenvalue weighted by Crippen LogP contribution is -2.32. The van der Waals surface area contributed by atoms with E-state index in [1.54, 1.807) is 0 Å². The van der Waals surface area contributed by atoms with Crippen molar-refractivity contribution in [3.63, 3.8) is 0 Å². The normalized spacial score (nSPS) is 17.6. The Labute approximate surface area is 84.7 Å². The van der Waals surface area contributed by atoms with E-state index in [2.05, 4.69) is 0 Å². The SMILES string of the molecule is CCC(F)C(CCC(C)(F)F)C(F)(F)F. The molecule has 0 heterocycles. The maximum absolute atomic E-state index is 12.9. The molecule has 0 amide bonds. The van der Waals surface area contributed by atoms with Crippen molar-refractivity contribution in [3.8, 4) is 0 Å². The first kappa shape index (κ1) is 14.6. The Morgan fingerprint density at radius 3 is 1.80 bits per heavy atom. The molecule has 92 valence electrons. The Morgan fingerprint density at radius 1 is 1.07 bits per heavy atom. The molecule has 0 rings (SSSR count). The van der Waals surface area contributed by atoms with Crippen LogP contribution in [0.3, 0.4) is 0 Å². The van der Waals surface area contributed by atoms with Crippen LogP contribution in [0.25, 0.3) is 0 Å². The Bertz CT molecular complexity index is 180. The molecule has 0 spiro atoms. The standard InChI is InChI=1S/C9H14F6/c1-3-7(10)6(9(13,14)15)4-5-8(2,11)12/h6-7H,3-5H2,1-2H3. The summed E-state index contributed by atoms with van der Waals surface area (Å²) < 4.78 is 74.3. The van der Waals surface area contributed by atoms with Crippen LogP contribution in [0.5, 0.6) is 0 Å². The van der Waals surface area contributed by atoms with Crippen LogP contribution in [0.2, 0.25) is 0 Å². The van der Waals surface area contributed by atoms with Gasteiger partial charge in [-0.3, -0.25) is 0 Å². The summed E-state index contributed by atoms with van der Waals surface area (Å²) in [6.45, 7) is 1.78. The van der Waals surface area contributed by atoms with Crippen molar-refractivity contribution in [1.29, 1.82) is 0 Å². The minimum Gasteiger partial charge on any atom is -0.247 e. The second-order valence-corrected chi connectivity index (χ2v) is 3.68. The van der Waals surface area contributed by atoms with Gasteiger partial charge in [0.2, 0.25) is 5.92 Å². The van der Waals surface area contributed by atoms with Gasteiger partial charge in [-0.2, -0.15) is 13.2 Å². The van der Waals surface area contributed by atoms with Crippen LogP contribution >= 0.6 is 0 Å². The molecular formula is C9H14F6. The molecule has 6 heteroatoms. The van der Waals surface area contributed by atoms with E-state index in [-0.39, 0.29) is 6.42 Å². The lowest BCUT2D eigenvalue weighted by molar-refractivity contribution is -0.196. The molecular weight excluding hydrogens is 222 g/mol. The van der Waals surface area contributed by atoms with E-state index in [1.807, 2.05) is 0 Å². The third-order valence-corrected chi connectivity index (χ3v) is 2.14. The van der Waals surface area contributed by atoms with Crippen molar-refractivity contribution in [1.82, 2.24) is 0 Å². The van der Waals surface area contributed by atoms with Crippen molar-refractivity contribution in [2.75, 3.05) is 0 Å². The predicted octanol–water partition coefficient (Wildman–Crippen LogP) is 4.35. The molecule has 0 aromatic heterocycles. The van der Waals surface area contributed by atoms with Crippen LogP contribution < -0.4 is 0 Å². The summed E-state index contributed by atoms with van der Waals surface area (Å²) in [6, 6.07) is 0. The van der Waals surface area contributed by atoms with Crippen LogP contribution in [-0.4, -0.2) is 18.3 Å². The molecule has 0 fully saturated rings. The zero-order chi connectivity index (χ0) is 12.3. The molecule has 0 aliphatic rings. The Morgan fingerprint density at radius 2 is 1.53 bits per heavy atom. The molecule has 0 aromatic carbocycles. The molecule has 0 bridgehead atoms. The highest BCUT2D eigenvalue weighted by Gasteiger charge is 2.45. The summed E-state index contributed by atoms with van der Waals surface area (Å²) in [6.07, 6.45) is -8.99. The average molecular weight is 236 g/mol. The minimum atomic E-state index is -4.75. The highest BCUT2D eigenvalue weighted by molar-refractivity contribution is 4.77. The van der Waals surface area contributed by atoms with Gasteiger partial charge in [0.05, 0.1) is 5.92 Å². The van der Waals surface area contributed by atoms with Gasteiger partial charge < -0.3 is 0 Å². The first-order chi connectivity index (χ1) is 6.58. The fourth-order valence-corrected chi connectivity index (χ4v) is 1.24. The molecule has 2 unspecified atom stereocenters. The molecule has 0 radical (unpaired) electrons.